The number of aromatic nitrogens is 2. The Hall–Kier alpha value is -1.88. The highest BCUT2D eigenvalue weighted by atomic mass is 28.3. The largest absolute Gasteiger partial charge is 0.481 e. The highest BCUT2D eigenvalue weighted by Gasteiger charge is 2.45. The Morgan fingerprint density at radius 2 is 1.74 bits per heavy atom. The maximum absolute atomic E-state index is 5.65. The third-order valence-electron chi connectivity index (χ3n) is 6.26. The molecule has 0 fully saturated rings. The number of hydrogen-bond acceptors (Lipinski definition) is 3. The number of hydrogen-bond donors (Lipinski definition) is 0. The SMILES string of the molecule is COc1nc2ccn([Si](C(C)C)(C(C)C)C(C)C)c2cc1C1=CC=NCC1. The van der Waals surface area contributed by atoms with Crippen LogP contribution in [-0.2, 0) is 0 Å². The Morgan fingerprint density at radius 3 is 2.26 bits per heavy atom. The van der Waals surface area contributed by atoms with Crippen LogP contribution in [0.4, 0.5) is 0 Å². The molecule has 0 saturated heterocycles. The van der Waals surface area contributed by atoms with Gasteiger partial charge in [-0.05, 0) is 53.0 Å². The molecule has 0 spiro atoms. The van der Waals surface area contributed by atoms with Crippen molar-refractivity contribution in [2.24, 2.45) is 4.99 Å². The molecule has 0 N–H and O–H groups in total. The molecule has 0 bridgehead atoms. The number of rotatable bonds is 6. The van der Waals surface area contributed by atoms with E-state index in [0.29, 0.717) is 22.5 Å². The predicted octanol–water partition coefficient (Wildman–Crippen LogP) is 5.93. The van der Waals surface area contributed by atoms with Crippen molar-refractivity contribution in [3.8, 4) is 5.88 Å². The van der Waals surface area contributed by atoms with Gasteiger partial charge in [0.25, 0.3) is 0 Å². The van der Waals surface area contributed by atoms with Crippen molar-refractivity contribution in [1.29, 1.82) is 0 Å². The zero-order valence-electron chi connectivity index (χ0n) is 17.8. The molecule has 3 rings (SSSR count). The maximum atomic E-state index is 5.65. The van der Waals surface area contributed by atoms with Gasteiger partial charge in [-0.15, -0.1) is 0 Å². The molecule has 0 aromatic carbocycles. The predicted molar refractivity (Wildman–Crippen MR) is 119 cm³/mol. The summed E-state index contributed by atoms with van der Waals surface area (Å²) in [7, 11) is -0.116. The summed E-state index contributed by atoms with van der Waals surface area (Å²) in [5.74, 6) is 0.715. The van der Waals surface area contributed by atoms with E-state index in [1.54, 1.807) is 7.11 Å². The minimum Gasteiger partial charge on any atom is -0.481 e. The van der Waals surface area contributed by atoms with E-state index >= 15 is 0 Å². The molecular formula is C22H33N3OSi. The lowest BCUT2D eigenvalue weighted by atomic mass is 10.0. The van der Waals surface area contributed by atoms with E-state index in [-0.39, 0.29) is 0 Å². The Bertz CT molecular complexity index is 855. The van der Waals surface area contributed by atoms with Crippen molar-refractivity contribution in [1.82, 2.24) is 9.22 Å². The smallest absolute Gasteiger partial charge is 0.221 e. The number of allylic oxidation sites excluding steroid dienone is 1. The van der Waals surface area contributed by atoms with Crippen LogP contribution in [0.25, 0.3) is 16.6 Å². The van der Waals surface area contributed by atoms with Crippen LogP contribution >= 0.6 is 0 Å². The Labute approximate surface area is 164 Å². The second-order valence-electron chi connectivity index (χ2n) is 8.48. The van der Waals surface area contributed by atoms with Crippen LogP contribution in [0.1, 0.15) is 53.5 Å². The summed E-state index contributed by atoms with van der Waals surface area (Å²) >= 11 is 0. The van der Waals surface area contributed by atoms with Crippen molar-refractivity contribution in [3.63, 3.8) is 0 Å². The summed E-state index contributed by atoms with van der Waals surface area (Å²) in [5.41, 5.74) is 6.56. The summed E-state index contributed by atoms with van der Waals surface area (Å²) in [6.45, 7) is 15.2. The first-order chi connectivity index (χ1) is 12.8. The van der Waals surface area contributed by atoms with Gasteiger partial charge in [0, 0.05) is 18.3 Å². The molecule has 0 amide bonds. The van der Waals surface area contributed by atoms with Crippen molar-refractivity contribution in [3.05, 3.63) is 30.0 Å². The first-order valence-corrected chi connectivity index (χ1v) is 12.3. The number of pyridine rings is 1. The standard InChI is InChI=1S/C22H33N3OSi/c1-15(2)27(16(3)4,17(5)6)25-13-10-20-21(25)14-19(22(24-20)26-7)18-8-11-23-12-9-18/h8,10-11,13-17H,9,12H2,1-7H3. The summed E-state index contributed by atoms with van der Waals surface area (Å²) in [6.07, 6.45) is 7.21. The average Bonchev–Trinajstić information content (AvgIpc) is 3.04. The van der Waals surface area contributed by atoms with Crippen LogP contribution in [0.5, 0.6) is 5.88 Å². The third-order valence-corrected chi connectivity index (χ3v) is 13.0. The highest BCUT2D eigenvalue weighted by Crippen LogP contribution is 2.44. The molecule has 2 aromatic rings. The molecule has 0 unspecified atom stereocenters. The first-order valence-electron chi connectivity index (χ1n) is 10.1. The minimum atomic E-state index is -1.83. The number of ether oxygens (including phenoxy) is 1. The van der Waals surface area contributed by atoms with E-state index < -0.39 is 8.24 Å². The highest BCUT2D eigenvalue weighted by molar-refractivity contribution is 6.82. The molecule has 27 heavy (non-hydrogen) atoms. The Balaban J connectivity index is 2.29. The molecule has 0 atom stereocenters. The lowest BCUT2D eigenvalue weighted by molar-refractivity contribution is 0.398. The molecule has 2 aromatic heterocycles. The quantitative estimate of drug-likeness (QED) is 0.580. The fourth-order valence-electron chi connectivity index (χ4n) is 5.31. The molecule has 4 nitrogen and oxygen atoms in total. The van der Waals surface area contributed by atoms with Crippen LogP contribution in [0.2, 0.25) is 16.6 Å². The summed E-state index contributed by atoms with van der Waals surface area (Å²) in [4.78, 5) is 9.20. The van der Waals surface area contributed by atoms with Crippen LogP contribution in [-0.4, -0.2) is 37.3 Å². The van der Waals surface area contributed by atoms with E-state index in [1.165, 1.54) is 11.1 Å². The third kappa shape index (κ3) is 3.16. The fraction of sp³-hybridized carbons (Fsp3) is 0.545. The molecule has 5 heteroatoms. The van der Waals surface area contributed by atoms with Crippen LogP contribution in [0, 0.1) is 0 Å². The molecule has 0 radical (unpaired) electrons. The van der Waals surface area contributed by atoms with Crippen LogP contribution in [0.3, 0.4) is 0 Å². The van der Waals surface area contributed by atoms with Crippen LogP contribution < -0.4 is 4.74 Å². The van der Waals surface area contributed by atoms with Crippen molar-refractivity contribution >= 4 is 31.1 Å². The maximum Gasteiger partial charge on any atom is 0.221 e. The van der Waals surface area contributed by atoms with Gasteiger partial charge in [0.15, 0.2) is 8.24 Å². The molecule has 0 aliphatic carbocycles. The van der Waals surface area contributed by atoms with Gasteiger partial charge in [-0.3, -0.25) is 4.99 Å². The zero-order chi connectivity index (χ0) is 19.8. The summed E-state index contributed by atoms with van der Waals surface area (Å²) in [5, 5.41) is 0. The molecular weight excluding hydrogens is 350 g/mol. The van der Waals surface area contributed by atoms with Gasteiger partial charge in [0.05, 0.1) is 18.1 Å². The minimum absolute atomic E-state index is 0.639. The van der Waals surface area contributed by atoms with E-state index in [4.69, 9.17) is 9.72 Å². The summed E-state index contributed by atoms with van der Waals surface area (Å²) < 4.78 is 8.27. The number of aliphatic imine (C=N–C) groups is 1. The summed E-state index contributed by atoms with van der Waals surface area (Å²) in [6, 6.07) is 4.47. The zero-order valence-corrected chi connectivity index (χ0v) is 18.8. The lowest BCUT2D eigenvalue weighted by Crippen LogP contribution is -2.51. The average molecular weight is 384 g/mol. The molecule has 3 heterocycles. The molecule has 0 saturated carbocycles. The topological polar surface area (TPSA) is 39.4 Å². The second-order valence-corrected chi connectivity index (χ2v) is 14.2. The van der Waals surface area contributed by atoms with Gasteiger partial charge in [-0.25, -0.2) is 4.98 Å². The lowest BCUT2D eigenvalue weighted by Gasteiger charge is -2.44. The van der Waals surface area contributed by atoms with E-state index in [2.05, 4.69) is 75.2 Å². The number of fused-ring (bicyclic) bond motifs is 1. The number of dihydropyridines is 1. The van der Waals surface area contributed by atoms with Crippen molar-refractivity contribution in [2.45, 2.75) is 64.6 Å². The van der Waals surface area contributed by atoms with Gasteiger partial charge >= 0.3 is 0 Å². The fourth-order valence-corrected chi connectivity index (χ4v) is 11.9. The van der Waals surface area contributed by atoms with E-state index in [0.717, 1.165) is 24.0 Å². The van der Waals surface area contributed by atoms with Gasteiger partial charge in [0.1, 0.15) is 0 Å². The molecule has 146 valence electrons. The van der Waals surface area contributed by atoms with Gasteiger partial charge < -0.3 is 8.97 Å². The van der Waals surface area contributed by atoms with E-state index in [9.17, 15) is 0 Å². The molecule has 1 aliphatic heterocycles. The number of nitrogens with zero attached hydrogens (tertiary/aromatic N) is 3. The number of methoxy groups -OCH3 is 1. The molecule has 1 aliphatic rings. The van der Waals surface area contributed by atoms with Gasteiger partial charge in [0.2, 0.25) is 5.88 Å². The Kier molecular flexibility index (Phi) is 5.61. The van der Waals surface area contributed by atoms with Gasteiger partial charge in [-0.2, -0.15) is 0 Å². The van der Waals surface area contributed by atoms with Crippen molar-refractivity contribution < 1.29 is 4.74 Å². The van der Waals surface area contributed by atoms with Crippen LogP contribution in [0.15, 0.2) is 29.4 Å². The first kappa shape index (κ1) is 19.9. The second kappa shape index (κ2) is 7.62. The normalized spacial score (nSPS) is 15.3. The van der Waals surface area contributed by atoms with Gasteiger partial charge in [-0.1, -0.05) is 41.5 Å². The van der Waals surface area contributed by atoms with Crippen molar-refractivity contribution in [2.75, 3.05) is 13.7 Å². The Morgan fingerprint density at radius 1 is 1.07 bits per heavy atom. The monoisotopic (exact) mass is 383 g/mol. The van der Waals surface area contributed by atoms with E-state index in [1.807, 2.05) is 6.21 Å².